The number of carboxylic acid groups (broad SMARTS) is 1. The first-order valence-electron chi connectivity index (χ1n) is 10.8. The Bertz CT molecular complexity index is 1090. The fraction of sp³-hybridized carbons (Fsp3) is 0.333. The third-order valence-electron chi connectivity index (χ3n) is 5.36. The molecule has 0 spiro atoms. The van der Waals surface area contributed by atoms with Crippen molar-refractivity contribution in [3.63, 3.8) is 0 Å². The SMILES string of the molecule is Cc1ccc(OCC(=O)N[C@@H](CCCNC(N)=O)C(=O)O)c([C@H]2Cc3ccccc3C(=O)O2)c1. The molecular formula is C24H27N3O7. The minimum Gasteiger partial charge on any atom is -0.483 e. The van der Waals surface area contributed by atoms with Crippen molar-refractivity contribution in [2.45, 2.75) is 38.3 Å². The Balaban J connectivity index is 1.64. The van der Waals surface area contributed by atoms with E-state index in [0.29, 0.717) is 29.7 Å². The number of amides is 3. The monoisotopic (exact) mass is 469 g/mol. The van der Waals surface area contributed by atoms with E-state index in [9.17, 15) is 24.3 Å². The van der Waals surface area contributed by atoms with Gasteiger partial charge in [0.15, 0.2) is 6.61 Å². The molecule has 0 bridgehead atoms. The van der Waals surface area contributed by atoms with Crippen molar-refractivity contribution in [2.75, 3.05) is 13.2 Å². The molecule has 2 aromatic rings. The van der Waals surface area contributed by atoms with Gasteiger partial charge < -0.3 is 30.9 Å². The van der Waals surface area contributed by atoms with E-state index in [1.54, 1.807) is 24.3 Å². The van der Waals surface area contributed by atoms with Crippen LogP contribution in [0.25, 0.3) is 0 Å². The van der Waals surface area contributed by atoms with E-state index in [2.05, 4.69) is 10.6 Å². The molecule has 0 aliphatic carbocycles. The maximum absolute atomic E-state index is 12.4. The number of esters is 1. The summed E-state index contributed by atoms with van der Waals surface area (Å²) in [4.78, 5) is 47.0. The summed E-state index contributed by atoms with van der Waals surface area (Å²) in [5, 5.41) is 14.1. The fourth-order valence-corrected chi connectivity index (χ4v) is 3.71. The molecule has 0 radical (unpaired) electrons. The topological polar surface area (TPSA) is 157 Å². The zero-order chi connectivity index (χ0) is 24.7. The number of nitrogens with one attached hydrogen (secondary N) is 2. The van der Waals surface area contributed by atoms with E-state index in [-0.39, 0.29) is 13.0 Å². The third-order valence-corrected chi connectivity index (χ3v) is 5.36. The van der Waals surface area contributed by atoms with Gasteiger partial charge in [-0.15, -0.1) is 0 Å². The van der Waals surface area contributed by atoms with E-state index in [0.717, 1.165) is 11.1 Å². The van der Waals surface area contributed by atoms with E-state index in [1.807, 2.05) is 25.1 Å². The lowest BCUT2D eigenvalue weighted by molar-refractivity contribution is -0.142. The van der Waals surface area contributed by atoms with Gasteiger partial charge in [0.1, 0.15) is 17.9 Å². The van der Waals surface area contributed by atoms with E-state index in [1.165, 1.54) is 0 Å². The number of fused-ring (bicyclic) bond motifs is 1. The number of aryl methyl sites for hydroxylation is 1. The number of rotatable bonds is 10. The molecule has 2 aromatic carbocycles. The van der Waals surface area contributed by atoms with Gasteiger partial charge in [-0.25, -0.2) is 14.4 Å². The van der Waals surface area contributed by atoms with Gasteiger partial charge in [0, 0.05) is 18.5 Å². The van der Waals surface area contributed by atoms with Crippen molar-refractivity contribution in [1.29, 1.82) is 0 Å². The Morgan fingerprint density at radius 3 is 2.74 bits per heavy atom. The van der Waals surface area contributed by atoms with Crippen LogP contribution in [-0.4, -0.2) is 48.2 Å². The average Bonchev–Trinajstić information content (AvgIpc) is 2.79. The number of carbonyl (C=O) groups is 4. The molecule has 1 heterocycles. The van der Waals surface area contributed by atoms with Crippen molar-refractivity contribution in [3.05, 3.63) is 64.7 Å². The van der Waals surface area contributed by atoms with Gasteiger partial charge in [0.25, 0.3) is 5.91 Å². The van der Waals surface area contributed by atoms with Crippen LogP contribution < -0.4 is 21.1 Å². The first-order valence-corrected chi connectivity index (χ1v) is 10.8. The highest BCUT2D eigenvalue weighted by Gasteiger charge is 2.29. The van der Waals surface area contributed by atoms with Gasteiger partial charge in [0.05, 0.1) is 5.56 Å². The second-order valence-electron chi connectivity index (χ2n) is 7.98. The van der Waals surface area contributed by atoms with Crippen molar-refractivity contribution < 1.29 is 33.8 Å². The van der Waals surface area contributed by atoms with Gasteiger partial charge in [-0.2, -0.15) is 0 Å². The maximum atomic E-state index is 12.4. The number of ether oxygens (including phenoxy) is 2. The molecule has 2 atom stereocenters. The van der Waals surface area contributed by atoms with Crippen LogP contribution in [0.4, 0.5) is 4.79 Å². The summed E-state index contributed by atoms with van der Waals surface area (Å²) in [6, 6.07) is 10.7. The third kappa shape index (κ3) is 6.47. The van der Waals surface area contributed by atoms with Gasteiger partial charge >= 0.3 is 18.0 Å². The van der Waals surface area contributed by atoms with Crippen LogP contribution in [0.5, 0.6) is 5.75 Å². The van der Waals surface area contributed by atoms with Crippen LogP contribution in [0.3, 0.4) is 0 Å². The zero-order valence-electron chi connectivity index (χ0n) is 18.7. The predicted octanol–water partition coefficient (Wildman–Crippen LogP) is 1.85. The Morgan fingerprint density at radius 1 is 1.24 bits per heavy atom. The molecule has 3 rings (SSSR count). The van der Waals surface area contributed by atoms with Crippen molar-refractivity contribution in [2.24, 2.45) is 5.73 Å². The quantitative estimate of drug-likeness (QED) is 0.305. The summed E-state index contributed by atoms with van der Waals surface area (Å²) in [7, 11) is 0. The Kier molecular flexibility index (Phi) is 8.07. The molecule has 5 N–H and O–H groups in total. The Hall–Kier alpha value is -4.08. The van der Waals surface area contributed by atoms with Crippen LogP contribution >= 0.6 is 0 Å². The fourth-order valence-electron chi connectivity index (χ4n) is 3.71. The van der Waals surface area contributed by atoms with Crippen LogP contribution in [0.2, 0.25) is 0 Å². The van der Waals surface area contributed by atoms with Gasteiger partial charge in [-0.3, -0.25) is 4.79 Å². The normalized spacial score (nSPS) is 15.4. The lowest BCUT2D eigenvalue weighted by Gasteiger charge is -2.26. The smallest absolute Gasteiger partial charge is 0.339 e. The molecular weight excluding hydrogens is 442 g/mol. The van der Waals surface area contributed by atoms with Crippen LogP contribution in [-0.2, 0) is 20.7 Å². The lowest BCUT2D eigenvalue weighted by atomic mass is 9.93. The molecule has 0 unspecified atom stereocenters. The molecule has 1 aliphatic rings. The number of carboxylic acids is 1. The largest absolute Gasteiger partial charge is 0.483 e. The number of carbonyl (C=O) groups excluding carboxylic acids is 3. The van der Waals surface area contributed by atoms with E-state index >= 15 is 0 Å². The van der Waals surface area contributed by atoms with Crippen molar-refractivity contribution in [1.82, 2.24) is 10.6 Å². The van der Waals surface area contributed by atoms with Crippen LogP contribution in [0.1, 0.15) is 46.0 Å². The summed E-state index contributed by atoms with van der Waals surface area (Å²) in [5.41, 5.74) is 7.92. The molecule has 10 heteroatoms. The summed E-state index contributed by atoms with van der Waals surface area (Å²) in [6.07, 6.45) is 0.311. The number of urea groups is 1. The summed E-state index contributed by atoms with van der Waals surface area (Å²) >= 11 is 0. The zero-order valence-corrected chi connectivity index (χ0v) is 18.7. The Labute approximate surface area is 196 Å². The molecule has 180 valence electrons. The highest BCUT2D eigenvalue weighted by molar-refractivity contribution is 5.92. The molecule has 10 nitrogen and oxygen atoms in total. The molecule has 34 heavy (non-hydrogen) atoms. The minimum atomic E-state index is -1.20. The summed E-state index contributed by atoms with van der Waals surface area (Å²) in [6.45, 7) is 1.67. The first kappa shape index (κ1) is 24.6. The number of hydrogen-bond acceptors (Lipinski definition) is 6. The highest BCUT2D eigenvalue weighted by atomic mass is 16.5. The maximum Gasteiger partial charge on any atom is 0.339 e. The first-order chi connectivity index (χ1) is 16.2. The van der Waals surface area contributed by atoms with Crippen molar-refractivity contribution >= 4 is 23.9 Å². The number of aliphatic carboxylic acids is 1. The number of hydrogen-bond donors (Lipinski definition) is 4. The number of primary amides is 1. The number of benzene rings is 2. The Morgan fingerprint density at radius 2 is 2.00 bits per heavy atom. The lowest BCUT2D eigenvalue weighted by Crippen LogP contribution is -2.43. The molecule has 3 amide bonds. The minimum absolute atomic E-state index is 0.106. The van der Waals surface area contributed by atoms with E-state index in [4.69, 9.17) is 15.2 Å². The standard InChI is InChI=1S/C24H27N3O7/c1-14-8-9-19(17(11-14)20-12-15-5-2-3-6-16(15)23(31)34-20)33-13-21(28)27-18(22(29)30)7-4-10-26-24(25)32/h2-3,5-6,8-9,11,18,20H,4,7,10,12-13H2,1H3,(H,27,28)(H,29,30)(H3,25,26,32)/t18-,20+/m0/s1. The average molecular weight is 469 g/mol. The highest BCUT2D eigenvalue weighted by Crippen LogP contribution is 2.35. The second kappa shape index (κ2) is 11.2. The molecule has 0 fully saturated rings. The number of nitrogens with two attached hydrogens (primary N) is 1. The molecule has 1 aliphatic heterocycles. The van der Waals surface area contributed by atoms with Crippen molar-refractivity contribution in [3.8, 4) is 5.75 Å². The number of cyclic esters (lactones) is 1. The molecule has 0 aromatic heterocycles. The van der Waals surface area contributed by atoms with Gasteiger partial charge in [-0.1, -0.05) is 29.8 Å². The predicted molar refractivity (Wildman–Crippen MR) is 121 cm³/mol. The molecule has 0 saturated heterocycles. The summed E-state index contributed by atoms with van der Waals surface area (Å²) in [5.74, 6) is -1.87. The van der Waals surface area contributed by atoms with E-state index < -0.39 is 42.6 Å². The molecule has 0 saturated carbocycles. The summed E-state index contributed by atoms with van der Waals surface area (Å²) < 4.78 is 11.3. The van der Waals surface area contributed by atoms with Crippen LogP contribution in [0.15, 0.2) is 42.5 Å². The van der Waals surface area contributed by atoms with Crippen LogP contribution in [0, 0.1) is 6.92 Å². The van der Waals surface area contributed by atoms with Gasteiger partial charge in [-0.05, 0) is 43.5 Å². The second-order valence-corrected chi connectivity index (χ2v) is 7.98. The van der Waals surface area contributed by atoms with Gasteiger partial charge in [0.2, 0.25) is 0 Å².